The van der Waals surface area contributed by atoms with Gasteiger partial charge in [0.1, 0.15) is 0 Å². The second-order valence-corrected chi connectivity index (χ2v) is 2.52. The van der Waals surface area contributed by atoms with E-state index in [1.807, 2.05) is 0 Å². The van der Waals surface area contributed by atoms with Crippen molar-refractivity contribution in [1.82, 2.24) is 6.15 Å². The molecule has 5 N–H and O–H groups in total. The summed E-state index contributed by atoms with van der Waals surface area (Å²) in [5, 5.41) is 7.57. The molecule has 5 nitrogen and oxygen atoms in total. The quantitative estimate of drug-likeness (QED) is 0.419. The van der Waals surface area contributed by atoms with E-state index in [2.05, 4.69) is 0 Å². The molecule has 0 heterocycles. The van der Waals surface area contributed by atoms with Gasteiger partial charge >= 0.3 is 0 Å². The minimum absolute atomic E-state index is 0. The third-order valence-corrected chi connectivity index (χ3v) is 0. The fourth-order valence-electron chi connectivity index (χ4n) is 0. The van der Waals surface area contributed by atoms with Crippen LogP contribution in [0.15, 0.2) is 0 Å². The number of hydrogen-bond donors (Lipinski definition) is 3. The Morgan fingerprint density at radius 1 is 1.44 bits per heavy atom. The maximum Gasteiger partial charge on any atom is 0.261 e. The van der Waals surface area contributed by atoms with Crippen molar-refractivity contribution in [2.75, 3.05) is 12.9 Å². The summed E-state index contributed by atoms with van der Waals surface area (Å²) in [4.78, 5) is 0. The lowest BCUT2D eigenvalue weighted by molar-refractivity contribution is 0.318. The molecule has 0 saturated carbocycles. The maximum absolute atomic E-state index is 9.19. The van der Waals surface area contributed by atoms with Gasteiger partial charge in [0.05, 0.1) is 6.26 Å². The summed E-state index contributed by atoms with van der Waals surface area (Å²) in [6.45, 7) is 1.93. The van der Waals surface area contributed by atoms with E-state index >= 15 is 0 Å². The molecule has 0 aromatic carbocycles. The Kier molecular flexibility index (Phi) is 13.9. The van der Waals surface area contributed by atoms with E-state index in [9.17, 15) is 8.42 Å². The Bertz CT molecular complexity index is 110. The van der Waals surface area contributed by atoms with E-state index in [-0.39, 0.29) is 12.8 Å². The summed E-state index contributed by atoms with van der Waals surface area (Å²) in [5.41, 5.74) is 0. The monoisotopic (exact) mass is 159 g/mol. The first-order valence-corrected chi connectivity index (χ1v) is 3.80. The molecular formula is C3H13NO4S. The van der Waals surface area contributed by atoms with Crippen LogP contribution in [-0.2, 0) is 10.1 Å². The van der Waals surface area contributed by atoms with Crippen LogP contribution in [0.5, 0.6) is 0 Å². The zero-order valence-corrected chi connectivity index (χ0v) is 6.35. The lowest BCUT2D eigenvalue weighted by Crippen LogP contribution is -1.88. The van der Waals surface area contributed by atoms with Gasteiger partial charge in [-0.25, -0.2) is 0 Å². The molecule has 0 spiro atoms. The van der Waals surface area contributed by atoms with Gasteiger partial charge in [-0.1, -0.05) is 0 Å². The Balaban J connectivity index is -0.0000000800. The Hall–Kier alpha value is -0.170. The summed E-state index contributed by atoms with van der Waals surface area (Å²) >= 11 is 0. The van der Waals surface area contributed by atoms with Crippen LogP contribution in [0, 0.1) is 0 Å². The Morgan fingerprint density at radius 3 is 1.44 bits per heavy atom. The fraction of sp³-hybridized carbons (Fsp3) is 1.00. The fourth-order valence-corrected chi connectivity index (χ4v) is 0. The first-order valence-electron chi connectivity index (χ1n) is 1.95. The molecule has 9 heavy (non-hydrogen) atoms. The minimum atomic E-state index is -3.67. The molecule has 0 saturated heterocycles. The van der Waals surface area contributed by atoms with Crippen LogP contribution in [0.3, 0.4) is 0 Å². The van der Waals surface area contributed by atoms with Crippen molar-refractivity contribution < 1.29 is 18.1 Å². The number of aliphatic hydroxyl groups is 1. The lowest BCUT2D eigenvalue weighted by atomic mass is 10.9. The molecule has 0 aromatic heterocycles. The zero-order valence-electron chi connectivity index (χ0n) is 5.53. The topological polar surface area (TPSA) is 110 Å². The van der Waals surface area contributed by atoms with Crippen LogP contribution in [0.4, 0.5) is 0 Å². The largest absolute Gasteiger partial charge is 0.397 e. The van der Waals surface area contributed by atoms with Crippen molar-refractivity contribution in [3.8, 4) is 0 Å². The van der Waals surface area contributed by atoms with Crippen molar-refractivity contribution in [3.05, 3.63) is 0 Å². The third-order valence-electron chi connectivity index (χ3n) is 0. The standard InChI is InChI=1S/C2H6O.CH4O3S.H3N/c1-2-3;1-5(2,3)4;/h3H,2H2,1H3;1H3,(H,2,3,4);1H3. The molecule has 6 heteroatoms. The highest BCUT2D eigenvalue weighted by atomic mass is 32.2. The first kappa shape index (κ1) is 15.9. The summed E-state index contributed by atoms with van der Waals surface area (Å²) in [5.74, 6) is 0. The highest BCUT2D eigenvalue weighted by Crippen LogP contribution is 1.60. The van der Waals surface area contributed by atoms with Crippen LogP contribution in [0.2, 0.25) is 0 Å². The SMILES string of the molecule is CCO.CS(=O)(=O)O.N. The van der Waals surface area contributed by atoms with E-state index < -0.39 is 10.1 Å². The van der Waals surface area contributed by atoms with Crippen LogP contribution in [0.1, 0.15) is 6.92 Å². The van der Waals surface area contributed by atoms with Crippen LogP contribution >= 0.6 is 0 Å². The lowest BCUT2D eigenvalue weighted by Gasteiger charge is -1.69. The van der Waals surface area contributed by atoms with Gasteiger partial charge in [0.2, 0.25) is 0 Å². The molecule has 60 valence electrons. The van der Waals surface area contributed by atoms with E-state index in [4.69, 9.17) is 9.66 Å². The normalized spacial score (nSPS) is 8.44. The van der Waals surface area contributed by atoms with Gasteiger partial charge in [-0.05, 0) is 6.92 Å². The highest BCUT2D eigenvalue weighted by molar-refractivity contribution is 7.85. The molecule has 0 rings (SSSR count). The van der Waals surface area contributed by atoms with Gasteiger partial charge in [0, 0.05) is 6.61 Å². The molecule has 0 unspecified atom stereocenters. The van der Waals surface area contributed by atoms with Gasteiger partial charge in [0.15, 0.2) is 0 Å². The van der Waals surface area contributed by atoms with E-state index in [1.54, 1.807) is 6.92 Å². The van der Waals surface area contributed by atoms with Crippen molar-refractivity contribution in [3.63, 3.8) is 0 Å². The first-order chi connectivity index (χ1) is 3.41. The second-order valence-electron chi connectivity index (χ2n) is 1.05. The molecule has 0 aliphatic carbocycles. The molecule has 0 aliphatic rings. The van der Waals surface area contributed by atoms with Crippen molar-refractivity contribution in [2.45, 2.75) is 6.92 Å². The Morgan fingerprint density at radius 2 is 1.44 bits per heavy atom. The molecule has 0 radical (unpaired) electrons. The highest BCUT2D eigenvalue weighted by Gasteiger charge is 1.81. The molecule has 0 aliphatic heterocycles. The van der Waals surface area contributed by atoms with Crippen LogP contribution in [0.25, 0.3) is 0 Å². The van der Waals surface area contributed by atoms with E-state index in [1.165, 1.54) is 0 Å². The van der Waals surface area contributed by atoms with Crippen molar-refractivity contribution in [2.24, 2.45) is 0 Å². The number of aliphatic hydroxyl groups excluding tert-OH is 1. The molecule has 0 aromatic rings. The average Bonchev–Trinajstić information content (AvgIpc) is 1.27. The predicted octanol–water partition coefficient (Wildman–Crippen LogP) is -0.335. The minimum Gasteiger partial charge on any atom is -0.397 e. The maximum atomic E-state index is 9.19. The Labute approximate surface area is 55.0 Å². The molecule has 0 atom stereocenters. The van der Waals surface area contributed by atoms with Gasteiger partial charge in [-0.3, -0.25) is 4.55 Å². The third kappa shape index (κ3) is 9210. The van der Waals surface area contributed by atoms with Gasteiger partial charge in [-0.15, -0.1) is 0 Å². The van der Waals surface area contributed by atoms with E-state index in [0.29, 0.717) is 6.26 Å². The average molecular weight is 159 g/mol. The van der Waals surface area contributed by atoms with Crippen molar-refractivity contribution >= 4 is 10.1 Å². The molecule has 0 fully saturated rings. The second kappa shape index (κ2) is 7.83. The van der Waals surface area contributed by atoms with Crippen molar-refractivity contribution in [1.29, 1.82) is 0 Å². The van der Waals surface area contributed by atoms with Crippen LogP contribution < -0.4 is 6.15 Å². The summed E-state index contributed by atoms with van der Waals surface area (Å²) in [6, 6.07) is 0. The summed E-state index contributed by atoms with van der Waals surface area (Å²) < 4.78 is 25.9. The van der Waals surface area contributed by atoms with Gasteiger partial charge in [-0.2, -0.15) is 8.42 Å². The van der Waals surface area contributed by atoms with Gasteiger partial charge in [0.25, 0.3) is 10.1 Å². The number of rotatable bonds is 0. The molecule has 0 bridgehead atoms. The smallest absolute Gasteiger partial charge is 0.261 e. The summed E-state index contributed by atoms with van der Waals surface area (Å²) in [6.07, 6.45) is 0.715. The summed E-state index contributed by atoms with van der Waals surface area (Å²) in [7, 11) is -3.67. The number of hydrogen-bond acceptors (Lipinski definition) is 4. The van der Waals surface area contributed by atoms with E-state index in [0.717, 1.165) is 0 Å². The zero-order chi connectivity index (χ0) is 7.21. The molecular weight excluding hydrogens is 146 g/mol. The van der Waals surface area contributed by atoms with Crippen LogP contribution in [-0.4, -0.2) is 30.9 Å². The predicted molar refractivity (Wildman–Crippen MR) is 35.3 cm³/mol. The molecule has 0 amide bonds. The van der Waals surface area contributed by atoms with Gasteiger partial charge < -0.3 is 11.3 Å².